The van der Waals surface area contributed by atoms with Crippen LogP contribution >= 0.6 is 11.3 Å². The van der Waals surface area contributed by atoms with Crippen LogP contribution in [0.1, 0.15) is 16.6 Å². The van der Waals surface area contributed by atoms with Gasteiger partial charge in [0.15, 0.2) is 0 Å². The third-order valence-electron chi connectivity index (χ3n) is 2.89. The second-order valence-electron chi connectivity index (χ2n) is 4.38. The molecule has 5 heteroatoms. The summed E-state index contributed by atoms with van der Waals surface area (Å²) in [6.45, 7) is 0. The van der Waals surface area contributed by atoms with E-state index in [1.165, 1.54) is 15.0 Å². The first-order valence-electron chi connectivity index (χ1n) is 5.81. The van der Waals surface area contributed by atoms with Crippen molar-refractivity contribution in [3.05, 3.63) is 47.1 Å². The number of hydrogen-bond acceptors (Lipinski definition) is 4. The van der Waals surface area contributed by atoms with Gasteiger partial charge in [-0.25, -0.2) is 0 Å². The summed E-state index contributed by atoms with van der Waals surface area (Å²) in [6.07, 6.45) is 2.63. The van der Waals surface area contributed by atoms with Crippen LogP contribution in [-0.2, 0) is 13.5 Å². The van der Waals surface area contributed by atoms with Crippen molar-refractivity contribution in [1.29, 1.82) is 0 Å². The molecule has 0 aliphatic heterocycles. The lowest BCUT2D eigenvalue weighted by atomic mass is 10.1. The van der Waals surface area contributed by atoms with E-state index in [-0.39, 0.29) is 6.04 Å². The minimum Gasteiger partial charge on any atom is -0.323 e. The molecule has 18 heavy (non-hydrogen) atoms. The molecule has 1 unspecified atom stereocenters. The number of hydrogen-bond donors (Lipinski definition) is 1. The molecule has 2 aromatic heterocycles. The molecule has 3 aromatic rings. The van der Waals surface area contributed by atoms with E-state index in [0.29, 0.717) is 0 Å². The lowest BCUT2D eigenvalue weighted by molar-refractivity contribution is 0.700. The van der Waals surface area contributed by atoms with Crippen molar-refractivity contribution in [2.75, 3.05) is 0 Å². The van der Waals surface area contributed by atoms with Gasteiger partial charge in [-0.3, -0.25) is 4.68 Å². The Morgan fingerprint density at radius 2 is 2.22 bits per heavy atom. The quantitative estimate of drug-likeness (QED) is 0.784. The molecule has 0 aliphatic carbocycles. The van der Waals surface area contributed by atoms with E-state index in [0.717, 1.165) is 12.1 Å². The predicted octanol–water partition coefficient (Wildman–Crippen LogP) is 2.27. The fourth-order valence-corrected chi connectivity index (χ4v) is 3.07. The number of fused-ring (bicyclic) bond motifs is 1. The highest BCUT2D eigenvalue weighted by atomic mass is 32.1. The summed E-state index contributed by atoms with van der Waals surface area (Å²) in [4.78, 5) is 1.20. The van der Waals surface area contributed by atoms with Crippen LogP contribution in [0.25, 0.3) is 10.1 Å². The summed E-state index contributed by atoms with van der Waals surface area (Å²) in [5, 5.41) is 9.25. The number of aryl methyl sites for hydroxylation is 1. The summed E-state index contributed by atoms with van der Waals surface area (Å²) >= 11 is 1.75. The second kappa shape index (κ2) is 4.51. The van der Waals surface area contributed by atoms with Crippen molar-refractivity contribution < 1.29 is 0 Å². The average Bonchev–Trinajstić information content (AvgIpc) is 2.95. The Morgan fingerprint density at radius 1 is 1.39 bits per heavy atom. The van der Waals surface area contributed by atoms with Gasteiger partial charge in [0.05, 0.1) is 5.69 Å². The zero-order valence-corrected chi connectivity index (χ0v) is 10.9. The summed E-state index contributed by atoms with van der Waals surface area (Å²) in [5.41, 5.74) is 7.17. The molecule has 0 spiro atoms. The molecule has 2 heterocycles. The molecular weight excluding hydrogens is 244 g/mol. The first-order valence-corrected chi connectivity index (χ1v) is 6.63. The predicted molar refractivity (Wildman–Crippen MR) is 73.5 cm³/mol. The van der Waals surface area contributed by atoms with Gasteiger partial charge < -0.3 is 5.73 Å². The lowest BCUT2D eigenvalue weighted by Gasteiger charge is -2.05. The number of nitrogens with zero attached hydrogens (tertiary/aromatic N) is 3. The number of aromatic nitrogens is 3. The van der Waals surface area contributed by atoms with E-state index in [2.05, 4.69) is 34.6 Å². The highest BCUT2D eigenvalue weighted by Crippen LogP contribution is 2.29. The maximum atomic E-state index is 6.23. The van der Waals surface area contributed by atoms with Crippen molar-refractivity contribution in [3.63, 3.8) is 0 Å². The van der Waals surface area contributed by atoms with E-state index in [1.807, 2.05) is 19.3 Å². The monoisotopic (exact) mass is 258 g/mol. The standard InChI is InChI=1S/C13H14N4S/c1-17-8-10(15-16-17)7-11(14)13-6-9-4-2-3-5-12(9)18-13/h2-6,8,11H,7,14H2,1H3. The van der Waals surface area contributed by atoms with Crippen LogP contribution < -0.4 is 5.73 Å². The van der Waals surface area contributed by atoms with E-state index in [9.17, 15) is 0 Å². The third kappa shape index (κ3) is 2.14. The highest BCUT2D eigenvalue weighted by Gasteiger charge is 2.12. The van der Waals surface area contributed by atoms with Crippen LogP contribution in [0.5, 0.6) is 0 Å². The van der Waals surface area contributed by atoms with E-state index in [1.54, 1.807) is 16.0 Å². The molecule has 0 saturated heterocycles. The lowest BCUT2D eigenvalue weighted by Crippen LogP contribution is -2.11. The van der Waals surface area contributed by atoms with E-state index in [4.69, 9.17) is 5.73 Å². The van der Waals surface area contributed by atoms with E-state index >= 15 is 0 Å². The minimum absolute atomic E-state index is 0.0147. The molecular formula is C13H14N4S. The Morgan fingerprint density at radius 3 is 2.94 bits per heavy atom. The van der Waals surface area contributed by atoms with Gasteiger partial charge in [-0.2, -0.15) is 0 Å². The van der Waals surface area contributed by atoms with Crippen molar-refractivity contribution in [2.24, 2.45) is 12.8 Å². The normalized spacial score (nSPS) is 13.0. The zero-order valence-electron chi connectivity index (χ0n) is 10.1. The number of nitrogens with two attached hydrogens (primary N) is 1. The third-order valence-corrected chi connectivity index (χ3v) is 4.14. The molecule has 0 bridgehead atoms. The fraction of sp³-hybridized carbons (Fsp3) is 0.231. The average molecular weight is 258 g/mol. The Hall–Kier alpha value is -1.72. The summed E-state index contributed by atoms with van der Waals surface area (Å²) in [7, 11) is 1.86. The van der Waals surface area contributed by atoms with Crippen molar-refractivity contribution in [3.8, 4) is 0 Å². The van der Waals surface area contributed by atoms with Crippen LogP contribution in [-0.4, -0.2) is 15.0 Å². The molecule has 4 nitrogen and oxygen atoms in total. The Bertz CT molecular complexity index is 637. The van der Waals surface area contributed by atoms with Gasteiger partial charge >= 0.3 is 0 Å². The number of rotatable bonds is 3. The first-order chi connectivity index (χ1) is 8.72. The molecule has 0 fully saturated rings. The summed E-state index contributed by atoms with van der Waals surface area (Å²) in [6, 6.07) is 10.5. The Balaban J connectivity index is 1.85. The SMILES string of the molecule is Cn1cc(CC(N)c2cc3ccccc3s2)nn1. The molecule has 0 amide bonds. The van der Waals surface area contributed by atoms with Gasteiger partial charge in [0.25, 0.3) is 0 Å². The van der Waals surface area contributed by atoms with Crippen LogP contribution in [0.4, 0.5) is 0 Å². The maximum absolute atomic E-state index is 6.23. The van der Waals surface area contributed by atoms with Gasteiger partial charge in [0.1, 0.15) is 0 Å². The van der Waals surface area contributed by atoms with Gasteiger partial charge in [-0.05, 0) is 17.5 Å². The van der Waals surface area contributed by atoms with Crippen molar-refractivity contribution in [1.82, 2.24) is 15.0 Å². The van der Waals surface area contributed by atoms with Gasteiger partial charge in [-0.1, -0.05) is 23.4 Å². The van der Waals surface area contributed by atoms with Crippen LogP contribution in [0, 0.1) is 0 Å². The molecule has 0 saturated carbocycles. The molecule has 92 valence electrons. The molecule has 2 N–H and O–H groups in total. The Kier molecular flexibility index (Phi) is 2.85. The van der Waals surface area contributed by atoms with Gasteiger partial charge in [0.2, 0.25) is 0 Å². The van der Waals surface area contributed by atoms with Gasteiger partial charge in [-0.15, -0.1) is 16.4 Å². The molecule has 1 atom stereocenters. The van der Waals surface area contributed by atoms with Gasteiger partial charge in [0, 0.05) is 35.3 Å². The topological polar surface area (TPSA) is 56.7 Å². The number of thiophene rings is 1. The summed E-state index contributed by atoms with van der Waals surface area (Å²) in [5.74, 6) is 0. The molecule has 3 rings (SSSR count). The van der Waals surface area contributed by atoms with Crippen molar-refractivity contribution in [2.45, 2.75) is 12.5 Å². The molecule has 0 radical (unpaired) electrons. The first kappa shape index (κ1) is 11.4. The Labute approximate surface area is 109 Å². The largest absolute Gasteiger partial charge is 0.323 e. The minimum atomic E-state index is -0.0147. The van der Waals surface area contributed by atoms with Crippen molar-refractivity contribution >= 4 is 21.4 Å². The second-order valence-corrected chi connectivity index (χ2v) is 5.50. The maximum Gasteiger partial charge on any atom is 0.0846 e. The van der Waals surface area contributed by atoms with Crippen LogP contribution in [0.2, 0.25) is 0 Å². The van der Waals surface area contributed by atoms with Crippen LogP contribution in [0.3, 0.4) is 0 Å². The summed E-state index contributed by atoms with van der Waals surface area (Å²) < 4.78 is 2.98. The highest BCUT2D eigenvalue weighted by molar-refractivity contribution is 7.19. The number of benzene rings is 1. The zero-order chi connectivity index (χ0) is 12.5. The fourth-order valence-electron chi connectivity index (χ4n) is 2.00. The molecule has 1 aromatic carbocycles. The smallest absolute Gasteiger partial charge is 0.0846 e. The molecule has 0 aliphatic rings. The van der Waals surface area contributed by atoms with E-state index < -0.39 is 0 Å². The van der Waals surface area contributed by atoms with Crippen LogP contribution in [0.15, 0.2) is 36.5 Å².